The van der Waals surface area contributed by atoms with E-state index in [-0.39, 0.29) is 22.5 Å². The van der Waals surface area contributed by atoms with Crippen LogP contribution >= 0.6 is 0 Å². The quantitative estimate of drug-likeness (QED) is 0.730. The summed E-state index contributed by atoms with van der Waals surface area (Å²) in [7, 11) is -3.03. The molecule has 8 nitrogen and oxygen atoms in total. The van der Waals surface area contributed by atoms with Crippen molar-refractivity contribution in [3.8, 4) is 0 Å². The van der Waals surface area contributed by atoms with E-state index < -0.39 is 9.84 Å². The molecule has 2 aliphatic heterocycles. The van der Waals surface area contributed by atoms with E-state index in [9.17, 15) is 13.2 Å². The molecule has 0 aliphatic carbocycles. The highest BCUT2D eigenvalue weighted by atomic mass is 32.2. The first kappa shape index (κ1) is 21.0. The van der Waals surface area contributed by atoms with E-state index >= 15 is 0 Å². The van der Waals surface area contributed by atoms with Gasteiger partial charge in [0.05, 0.1) is 22.9 Å². The van der Waals surface area contributed by atoms with Crippen molar-refractivity contribution in [1.82, 2.24) is 20.0 Å². The Morgan fingerprint density at radius 1 is 1.13 bits per heavy atom. The number of hydrogen-bond acceptors (Lipinski definition) is 7. The van der Waals surface area contributed by atoms with Gasteiger partial charge in [-0.2, -0.15) is 10.2 Å². The van der Waals surface area contributed by atoms with Gasteiger partial charge >= 0.3 is 0 Å². The lowest BCUT2D eigenvalue weighted by Gasteiger charge is -2.33. The molecule has 0 N–H and O–H groups in total. The second-order valence-electron chi connectivity index (χ2n) is 9.44. The van der Waals surface area contributed by atoms with Gasteiger partial charge in [0.15, 0.2) is 15.7 Å². The van der Waals surface area contributed by atoms with Crippen molar-refractivity contribution >= 4 is 15.7 Å². The molecule has 162 valence electrons. The summed E-state index contributed by atoms with van der Waals surface area (Å²) in [6, 6.07) is 5.31. The van der Waals surface area contributed by atoms with Crippen LogP contribution in [0.3, 0.4) is 0 Å². The van der Waals surface area contributed by atoms with Crippen molar-refractivity contribution in [1.29, 1.82) is 0 Å². The maximum absolute atomic E-state index is 12.3. The Bertz CT molecular complexity index is 1100. The maximum atomic E-state index is 12.3. The number of aryl methyl sites for hydroxylation is 1. The van der Waals surface area contributed by atoms with Crippen LogP contribution in [0.2, 0.25) is 0 Å². The van der Waals surface area contributed by atoms with Gasteiger partial charge in [-0.25, -0.2) is 13.1 Å². The Morgan fingerprint density at radius 3 is 2.57 bits per heavy atom. The molecule has 4 rings (SSSR count). The van der Waals surface area contributed by atoms with Crippen molar-refractivity contribution < 1.29 is 8.42 Å². The van der Waals surface area contributed by atoms with Crippen molar-refractivity contribution in [3.05, 3.63) is 45.5 Å². The molecule has 30 heavy (non-hydrogen) atoms. The monoisotopic (exact) mass is 431 g/mol. The Hall–Kier alpha value is -2.29. The summed E-state index contributed by atoms with van der Waals surface area (Å²) in [5.41, 5.74) is 2.33. The minimum atomic E-state index is -3.03. The van der Waals surface area contributed by atoms with Crippen LogP contribution in [0.1, 0.15) is 50.6 Å². The topological polar surface area (TPSA) is 98.0 Å². The molecule has 2 aromatic heterocycles. The molecule has 0 atom stereocenters. The number of hydrogen-bond donors (Lipinski definition) is 0. The lowest BCUT2D eigenvalue weighted by Crippen LogP contribution is -2.38. The molecule has 0 aromatic carbocycles. The number of fused-ring (bicyclic) bond motifs is 1. The van der Waals surface area contributed by atoms with Crippen molar-refractivity contribution in [2.24, 2.45) is 5.92 Å². The third-order valence-corrected chi connectivity index (χ3v) is 7.55. The van der Waals surface area contributed by atoms with Crippen LogP contribution in [0.25, 0.3) is 0 Å². The summed E-state index contributed by atoms with van der Waals surface area (Å²) < 4.78 is 25.5. The van der Waals surface area contributed by atoms with Gasteiger partial charge in [-0.3, -0.25) is 4.79 Å². The number of anilines is 1. The summed E-state index contributed by atoms with van der Waals surface area (Å²) >= 11 is 0. The molecule has 0 unspecified atom stereocenters. The zero-order chi connectivity index (χ0) is 21.5. The van der Waals surface area contributed by atoms with Crippen LogP contribution in [0.15, 0.2) is 23.0 Å². The number of piperidine rings is 1. The van der Waals surface area contributed by atoms with Gasteiger partial charge in [0.1, 0.15) is 0 Å². The van der Waals surface area contributed by atoms with Crippen LogP contribution in [-0.4, -0.2) is 47.2 Å². The highest BCUT2D eigenvalue weighted by Crippen LogP contribution is 2.26. The molecular formula is C21H29N5O3S. The first-order valence-electron chi connectivity index (χ1n) is 10.5. The van der Waals surface area contributed by atoms with E-state index in [0.29, 0.717) is 18.9 Å². The molecule has 0 amide bonds. The van der Waals surface area contributed by atoms with Crippen molar-refractivity contribution in [3.63, 3.8) is 0 Å². The second kappa shape index (κ2) is 7.76. The largest absolute Gasteiger partial charge is 0.355 e. The molecule has 4 heterocycles. The first-order chi connectivity index (χ1) is 14.1. The van der Waals surface area contributed by atoms with Crippen LogP contribution in [-0.2, 0) is 34.0 Å². The Morgan fingerprint density at radius 2 is 1.87 bits per heavy atom. The SMILES string of the molecule is CC(C)(C)c1ccc(=O)n(CC2CCN(c3cc4c(nn3)CCS(=O)(=O)C4)CC2)n1. The molecule has 2 aliphatic rings. The van der Waals surface area contributed by atoms with E-state index in [2.05, 4.69) is 41.0 Å². The zero-order valence-electron chi connectivity index (χ0n) is 17.8. The zero-order valence-corrected chi connectivity index (χ0v) is 18.7. The fourth-order valence-electron chi connectivity index (χ4n) is 4.06. The molecule has 2 aromatic rings. The number of sulfone groups is 1. The average Bonchev–Trinajstić information content (AvgIpc) is 2.68. The highest BCUT2D eigenvalue weighted by Gasteiger charge is 2.26. The van der Waals surface area contributed by atoms with Gasteiger partial charge in [0.25, 0.3) is 5.56 Å². The molecule has 1 saturated heterocycles. The lowest BCUT2D eigenvalue weighted by atomic mass is 9.92. The van der Waals surface area contributed by atoms with Gasteiger partial charge < -0.3 is 4.90 Å². The Balaban J connectivity index is 1.42. The number of rotatable bonds is 3. The van der Waals surface area contributed by atoms with Crippen LogP contribution in [0.4, 0.5) is 5.82 Å². The molecule has 0 saturated carbocycles. The van der Waals surface area contributed by atoms with E-state index in [1.165, 1.54) is 0 Å². The highest BCUT2D eigenvalue weighted by molar-refractivity contribution is 7.90. The summed E-state index contributed by atoms with van der Waals surface area (Å²) in [4.78, 5) is 14.4. The average molecular weight is 432 g/mol. The fraction of sp³-hybridized carbons (Fsp3) is 0.619. The summed E-state index contributed by atoms with van der Waals surface area (Å²) in [5.74, 6) is 1.32. The van der Waals surface area contributed by atoms with Gasteiger partial charge in [0, 0.05) is 37.5 Å². The van der Waals surface area contributed by atoms with Gasteiger partial charge in [-0.05, 0) is 36.5 Å². The lowest BCUT2D eigenvalue weighted by molar-refractivity contribution is 0.329. The molecule has 9 heteroatoms. The van der Waals surface area contributed by atoms with E-state index in [1.807, 2.05) is 12.1 Å². The van der Waals surface area contributed by atoms with E-state index in [1.54, 1.807) is 10.7 Å². The molecule has 0 bridgehead atoms. The normalized spacial score (nSPS) is 19.5. The van der Waals surface area contributed by atoms with Crippen LogP contribution < -0.4 is 10.5 Å². The van der Waals surface area contributed by atoms with Crippen LogP contribution in [0, 0.1) is 5.92 Å². The molecule has 0 radical (unpaired) electrons. The Labute approximate surface area is 177 Å². The molecular weight excluding hydrogens is 402 g/mol. The standard InChI is InChI=1S/C21H29N5O3S/c1-21(2,3)18-4-5-20(27)26(24-18)13-15-6-9-25(10-7-15)19-12-16-14-30(28,29)11-8-17(16)22-23-19/h4-5,12,15H,6-11,13-14H2,1-3H3. The van der Waals surface area contributed by atoms with Gasteiger partial charge in [0.2, 0.25) is 0 Å². The van der Waals surface area contributed by atoms with Crippen molar-refractivity contribution in [2.75, 3.05) is 23.7 Å². The van der Waals surface area contributed by atoms with Gasteiger partial charge in [-0.15, -0.1) is 5.10 Å². The number of aromatic nitrogens is 4. The number of nitrogens with zero attached hydrogens (tertiary/aromatic N) is 5. The van der Waals surface area contributed by atoms with E-state index in [0.717, 1.165) is 48.7 Å². The van der Waals surface area contributed by atoms with Crippen molar-refractivity contribution in [2.45, 2.75) is 57.7 Å². The minimum absolute atomic E-state index is 0.0556. The molecule has 1 fully saturated rings. The fourth-order valence-corrected chi connectivity index (χ4v) is 5.44. The third kappa shape index (κ3) is 4.55. The predicted molar refractivity (Wildman–Crippen MR) is 115 cm³/mol. The Kier molecular flexibility index (Phi) is 5.42. The maximum Gasteiger partial charge on any atom is 0.266 e. The summed E-state index contributed by atoms with van der Waals surface area (Å²) in [6.45, 7) is 8.50. The summed E-state index contributed by atoms with van der Waals surface area (Å²) in [6.07, 6.45) is 2.29. The first-order valence-corrected chi connectivity index (χ1v) is 12.3. The third-order valence-electron chi connectivity index (χ3n) is 5.98. The predicted octanol–water partition coefficient (Wildman–Crippen LogP) is 1.72. The van der Waals surface area contributed by atoms with E-state index in [4.69, 9.17) is 0 Å². The van der Waals surface area contributed by atoms with Crippen LogP contribution in [0.5, 0.6) is 0 Å². The second-order valence-corrected chi connectivity index (χ2v) is 11.6. The van der Waals surface area contributed by atoms with Gasteiger partial charge in [-0.1, -0.05) is 20.8 Å². The summed E-state index contributed by atoms with van der Waals surface area (Å²) in [5, 5.41) is 13.2. The minimum Gasteiger partial charge on any atom is -0.355 e. The molecule has 0 spiro atoms. The smallest absolute Gasteiger partial charge is 0.266 e.